The molecule has 0 saturated carbocycles. The molecule has 18 heavy (non-hydrogen) atoms. The number of hydrogen-bond acceptors (Lipinski definition) is 1. The van der Waals surface area contributed by atoms with Crippen molar-refractivity contribution in [1.29, 1.82) is 0 Å². The molecule has 0 radical (unpaired) electrons. The van der Waals surface area contributed by atoms with Crippen molar-refractivity contribution < 1.29 is 10.1 Å². The largest absolute Gasteiger partial charge is 0.447 e. The van der Waals surface area contributed by atoms with Crippen LogP contribution in [0.3, 0.4) is 0 Å². The Kier molecular flexibility index (Phi) is 2.63. The predicted octanol–water partition coefficient (Wildman–Crippen LogP) is 1.55. The van der Waals surface area contributed by atoms with E-state index in [-0.39, 0.29) is 5.41 Å². The lowest BCUT2D eigenvalue weighted by atomic mass is 9.73. The molecular formula is C16H16NO+. The van der Waals surface area contributed by atoms with Crippen LogP contribution in [0.15, 0.2) is 60.7 Å². The Balaban J connectivity index is 2.20. The Morgan fingerprint density at radius 1 is 0.833 bits per heavy atom. The fraction of sp³-hybridized carbons (Fsp3) is 0.188. The lowest BCUT2D eigenvalue weighted by Crippen LogP contribution is -2.51. The zero-order chi connectivity index (χ0) is 12.4. The van der Waals surface area contributed by atoms with Crippen molar-refractivity contribution in [2.24, 2.45) is 0 Å². The summed E-state index contributed by atoms with van der Waals surface area (Å²) in [4.78, 5) is 0. The van der Waals surface area contributed by atoms with Crippen molar-refractivity contribution in [1.82, 2.24) is 0 Å². The lowest BCUT2D eigenvalue weighted by molar-refractivity contribution is -0.141. The Hall–Kier alpha value is -2.09. The molecule has 1 saturated heterocycles. The number of nitrogens with two attached hydrogens (primary N) is 1. The van der Waals surface area contributed by atoms with E-state index in [0.717, 1.165) is 6.42 Å². The van der Waals surface area contributed by atoms with E-state index in [1.165, 1.54) is 11.1 Å². The van der Waals surface area contributed by atoms with Gasteiger partial charge in [0.25, 0.3) is 0 Å². The van der Waals surface area contributed by atoms with Crippen LogP contribution >= 0.6 is 0 Å². The Bertz CT molecular complexity index is 508. The molecule has 90 valence electrons. The summed E-state index contributed by atoms with van der Waals surface area (Å²) in [6.45, 7) is 0.676. The van der Waals surface area contributed by atoms with Gasteiger partial charge in [0.05, 0.1) is 6.61 Å². The highest BCUT2D eigenvalue weighted by Crippen LogP contribution is 2.39. The van der Waals surface area contributed by atoms with Crippen LogP contribution in [0.25, 0.3) is 0 Å². The van der Waals surface area contributed by atoms with E-state index in [1.807, 2.05) is 36.4 Å². The van der Waals surface area contributed by atoms with Crippen molar-refractivity contribution in [3.8, 4) is 0 Å². The zero-order valence-corrected chi connectivity index (χ0v) is 10.2. The molecule has 2 aromatic rings. The smallest absolute Gasteiger partial charge is 0.348 e. The van der Waals surface area contributed by atoms with Crippen LogP contribution in [0.4, 0.5) is 0 Å². The van der Waals surface area contributed by atoms with Crippen LogP contribution < -0.4 is 5.41 Å². The Labute approximate surface area is 107 Å². The van der Waals surface area contributed by atoms with E-state index in [1.54, 1.807) is 0 Å². The second-order valence-corrected chi connectivity index (χ2v) is 4.60. The van der Waals surface area contributed by atoms with Gasteiger partial charge in [0.2, 0.25) is 0 Å². The van der Waals surface area contributed by atoms with E-state index < -0.39 is 0 Å². The predicted molar refractivity (Wildman–Crippen MR) is 71.2 cm³/mol. The monoisotopic (exact) mass is 238 g/mol. The van der Waals surface area contributed by atoms with Crippen molar-refractivity contribution in [3.63, 3.8) is 0 Å². The maximum absolute atomic E-state index is 6.17. The summed E-state index contributed by atoms with van der Waals surface area (Å²) in [5, 5.41) is 6.17. The van der Waals surface area contributed by atoms with Crippen LogP contribution in [0.5, 0.6) is 0 Å². The van der Waals surface area contributed by atoms with Crippen molar-refractivity contribution in [2.75, 3.05) is 6.61 Å². The molecule has 0 spiro atoms. The lowest BCUT2D eigenvalue weighted by Gasteiger charge is -2.24. The van der Waals surface area contributed by atoms with Gasteiger partial charge in [0, 0.05) is 6.42 Å². The van der Waals surface area contributed by atoms with Gasteiger partial charge in [-0.3, -0.25) is 0 Å². The van der Waals surface area contributed by atoms with Gasteiger partial charge in [-0.05, 0) is 11.1 Å². The molecular weight excluding hydrogens is 222 g/mol. The molecule has 1 fully saturated rings. The average Bonchev–Trinajstić information content (AvgIpc) is 2.84. The van der Waals surface area contributed by atoms with Crippen LogP contribution in [0.2, 0.25) is 0 Å². The first-order chi connectivity index (χ1) is 8.84. The quantitative estimate of drug-likeness (QED) is 0.846. The van der Waals surface area contributed by atoms with Crippen LogP contribution in [-0.2, 0) is 10.2 Å². The minimum absolute atomic E-state index is 0.289. The second-order valence-electron chi connectivity index (χ2n) is 4.60. The first-order valence-corrected chi connectivity index (χ1v) is 6.21. The molecule has 0 aromatic heterocycles. The molecule has 0 atom stereocenters. The number of rotatable bonds is 2. The van der Waals surface area contributed by atoms with E-state index >= 15 is 0 Å². The molecule has 0 aliphatic carbocycles. The van der Waals surface area contributed by atoms with Crippen LogP contribution in [0.1, 0.15) is 17.5 Å². The maximum Gasteiger partial charge on any atom is 0.348 e. The van der Waals surface area contributed by atoms with Gasteiger partial charge >= 0.3 is 5.90 Å². The molecule has 0 amide bonds. The van der Waals surface area contributed by atoms with Gasteiger partial charge < -0.3 is 4.74 Å². The van der Waals surface area contributed by atoms with Crippen LogP contribution in [-0.4, -0.2) is 12.5 Å². The van der Waals surface area contributed by atoms with Crippen LogP contribution in [0, 0.1) is 0 Å². The third-order valence-electron chi connectivity index (χ3n) is 3.69. The van der Waals surface area contributed by atoms with Crippen molar-refractivity contribution in [3.05, 3.63) is 71.8 Å². The van der Waals surface area contributed by atoms with Crippen molar-refractivity contribution >= 4 is 5.90 Å². The van der Waals surface area contributed by atoms with Gasteiger partial charge in [-0.1, -0.05) is 60.7 Å². The van der Waals surface area contributed by atoms with E-state index in [4.69, 9.17) is 10.1 Å². The fourth-order valence-corrected chi connectivity index (χ4v) is 2.75. The molecule has 2 heteroatoms. The minimum atomic E-state index is -0.289. The van der Waals surface area contributed by atoms with Crippen molar-refractivity contribution in [2.45, 2.75) is 11.8 Å². The molecule has 1 aliphatic heterocycles. The van der Waals surface area contributed by atoms with Gasteiger partial charge in [-0.25, -0.2) is 5.41 Å². The Morgan fingerprint density at radius 3 is 1.72 bits per heavy atom. The summed E-state index contributed by atoms with van der Waals surface area (Å²) in [5.74, 6) is 0.611. The van der Waals surface area contributed by atoms with Gasteiger partial charge in [0.15, 0.2) is 0 Å². The van der Waals surface area contributed by atoms with E-state index in [2.05, 4.69) is 24.3 Å². The average molecular weight is 238 g/mol. The summed E-state index contributed by atoms with van der Waals surface area (Å²) in [5.41, 5.74) is 2.11. The molecule has 0 unspecified atom stereocenters. The number of ether oxygens (including phenoxy) is 1. The molecule has 2 aromatic carbocycles. The summed E-state index contributed by atoms with van der Waals surface area (Å²) >= 11 is 0. The fourth-order valence-electron chi connectivity index (χ4n) is 2.75. The SMILES string of the molecule is [NH2+]=C1OCCC1(c1ccccc1)c1ccccc1. The third kappa shape index (κ3) is 1.53. The second kappa shape index (κ2) is 4.30. The highest BCUT2D eigenvalue weighted by Gasteiger charge is 2.48. The first-order valence-electron chi connectivity index (χ1n) is 6.21. The molecule has 2 nitrogen and oxygen atoms in total. The highest BCUT2D eigenvalue weighted by atomic mass is 16.5. The van der Waals surface area contributed by atoms with Gasteiger partial charge in [-0.15, -0.1) is 0 Å². The standard InChI is InChI=1S/C16H15NO/c17-15-16(11-12-18-15,13-7-3-1-4-8-13)14-9-5-2-6-10-14/h1-10,17H,11-12H2/p+1. The molecule has 2 N–H and O–H groups in total. The number of hydrogen-bond donors (Lipinski definition) is 1. The molecule has 1 heterocycles. The normalized spacial score (nSPS) is 17.4. The third-order valence-corrected chi connectivity index (χ3v) is 3.69. The van der Waals surface area contributed by atoms with Gasteiger partial charge in [0.1, 0.15) is 5.41 Å². The molecule has 1 aliphatic rings. The van der Waals surface area contributed by atoms with E-state index in [0.29, 0.717) is 12.5 Å². The number of benzene rings is 2. The molecule has 0 bridgehead atoms. The Morgan fingerprint density at radius 2 is 1.33 bits per heavy atom. The summed E-state index contributed by atoms with van der Waals surface area (Å²) < 4.78 is 5.57. The topological polar surface area (TPSA) is 34.8 Å². The van der Waals surface area contributed by atoms with E-state index in [9.17, 15) is 0 Å². The zero-order valence-electron chi connectivity index (χ0n) is 10.2. The maximum atomic E-state index is 6.17. The first kappa shape index (κ1) is 11.0. The summed E-state index contributed by atoms with van der Waals surface area (Å²) in [6, 6.07) is 20.7. The minimum Gasteiger partial charge on any atom is -0.447 e. The highest BCUT2D eigenvalue weighted by molar-refractivity contribution is 5.89. The molecule has 3 rings (SSSR count). The summed E-state index contributed by atoms with van der Waals surface area (Å²) in [7, 11) is 0. The van der Waals surface area contributed by atoms with Gasteiger partial charge in [-0.2, -0.15) is 0 Å². The summed E-state index contributed by atoms with van der Waals surface area (Å²) in [6.07, 6.45) is 0.896.